The minimum Gasteiger partial charge on any atom is -0.478 e. The van der Waals surface area contributed by atoms with Crippen LogP contribution in [0.5, 0.6) is 0 Å². The van der Waals surface area contributed by atoms with Crippen LogP contribution in [-0.4, -0.2) is 33.1 Å². The number of carbonyl (C=O) groups is 2. The number of amides is 1. The van der Waals surface area contributed by atoms with Crippen molar-refractivity contribution in [1.29, 1.82) is 0 Å². The molecule has 0 fully saturated rings. The van der Waals surface area contributed by atoms with E-state index in [1.54, 1.807) is 0 Å². The number of halogens is 3. The van der Waals surface area contributed by atoms with Crippen LogP contribution in [0.2, 0.25) is 0 Å². The van der Waals surface area contributed by atoms with Crippen molar-refractivity contribution >= 4 is 17.8 Å². The van der Waals surface area contributed by atoms with Gasteiger partial charge in [0.2, 0.25) is 5.95 Å². The number of anilines is 1. The number of hydrogen-bond donors (Lipinski definition) is 2. The number of rotatable bonds is 2. The summed E-state index contributed by atoms with van der Waals surface area (Å²) in [6.07, 6.45) is -3.49. The molecule has 0 atom stereocenters. The molecule has 1 heterocycles. The van der Waals surface area contributed by atoms with Crippen molar-refractivity contribution in [1.82, 2.24) is 9.97 Å². The number of aromatic nitrogens is 2. The second-order valence-corrected chi connectivity index (χ2v) is 2.55. The van der Waals surface area contributed by atoms with Crippen molar-refractivity contribution in [3.05, 3.63) is 18.0 Å². The predicted molar refractivity (Wildman–Crippen MR) is 43.7 cm³/mol. The molecule has 1 aromatic heterocycles. The van der Waals surface area contributed by atoms with E-state index in [-0.39, 0.29) is 5.56 Å². The second-order valence-electron chi connectivity index (χ2n) is 2.55. The van der Waals surface area contributed by atoms with Gasteiger partial charge in [-0.05, 0) is 0 Å². The molecule has 2 N–H and O–H groups in total. The summed E-state index contributed by atoms with van der Waals surface area (Å²) >= 11 is 0. The smallest absolute Gasteiger partial charge is 0.471 e. The van der Waals surface area contributed by atoms with E-state index in [0.717, 1.165) is 12.4 Å². The number of carboxylic acid groups (broad SMARTS) is 1. The number of carbonyl (C=O) groups excluding carboxylic acids is 1. The highest BCUT2D eigenvalue weighted by atomic mass is 19.4. The van der Waals surface area contributed by atoms with E-state index >= 15 is 0 Å². The number of nitrogens with zero attached hydrogens (tertiary/aromatic N) is 2. The molecule has 0 unspecified atom stereocenters. The number of carboxylic acids is 1. The molecule has 16 heavy (non-hydrogen) atoms. The van der Waals surface area contributed by atoms with Gasteiger partial charge in [-0.1, -0.05) is 0 Å². The molecule has 0 radical (unpaired) electrons. The van der Waals surface area contributed by atoms with Crippen LogP contribution in [0.1, 0.15) is 10.4 Å². The minimum absolute atomic E-state index is 0.301. The van der Waals surface area contributed by atoms with E-state index in [1.165, 1.54) is 5.32 Å². The van der Waals surface area contributed by atoms with E-state index < -0.39 is 24.0 Å². The van der Waals surface area contributed by atoms with Crippen LogP contribution in [0.3, 0.4) is 0 Å². The molecule has 0 aromatic carbocycles. The van der Waals surface area contributed by atoms with Crippen molar-refractivity contribution in [2.45, 2.75) is 6.18 Å². The van der Waals surface area contributed by atoms with E-state index in [0.29, 0.717) is 0 Å². The van der Waals surface area contributed by atoms with Gasteiger partial charge < -0.3 is 5.11 Å². The highest BCUT2D eigenvalue weighted by Gasteiger charge is 2.39. The van der Waals surface area contributed by atoms with E-state index in [1.807, 2.05) is 0 Å². The monoisotopic (exact) mass is 235 g/mol. The van der Waals surface area contributed by atoms with E-state index in [2.05, 4.69) is 9.97 Å². The molecule has 0 bridgehead atoms. The largest absolute Gasteiger partial charge is 0.478 e. The molecule has 9 heteroatoms. The fraction of sp³-hybridized carbons (Fsp3) is 0.143. The van der Waals surface area contributed by atoms with Gasteiger partial charge in [-0.15, -0.1) is 0 Å². The van der Waals surface area contributed by atoms with Gasteiger partial charge in [0, 0.05) is 12.4 Å². The predicted octanol–water partition coefficient (Wildman–Crippen LogP) is 0.676. The van der Waals surface area contributed by atoms with Gasteiger partial charge in [-0.25, -0.2) is 14.8 Å². The van der Waals surface area contributed by atoms with Crippen molar-refractivity contribution in [3.8, 4) is 0 Å². The average molecular weight is 235 g/mol. The Morgan fingerprint density at radius 3 is 2.12 bits per heavy atom. The fourth-order valence-corrected chi connectivity index (χ4v) is 0.675. The minimum atomic E-state index is -5.05. The zero-order valence-electron chi connectivity index (χ0n) is 7.45. The Hall–Kier alpha value is -2.19. The van der Waals surface area contributed by atoms with Gasteiger partial charge in [0.15, 0.2) is 0 Å². The highest BCUT2D eigenvalue weighted by Crippen LogP contribution is 2.16. The number of hydrogen-bond acceptors (Lipinski definition) is 4. The molecule has 1 rings (SSSR count). The number of aromatic carboxylic acids is 1. The zero-order chi connectivity index (χ0) is 12.3. The Bertz CT molecular complexity index is 415. The fourth-order valence-electron chi connectivity index (χ4n) is 0.675. The summed E-state index contributed by atoms with van der Waals surface area (Å²) < 4.78 is 35.3. The van der Waals surface area contributed by atoms with Gasteiger partial charge in [0.25, 0.3) is 0 Å². The summed E-state index contributed by atoms with van der Waals surface area (Å²) in [6, 6.07) is 0. The van der Waals surface area contributed by atoms with Gasteiger partial charge >= 0.3 is 18.1 Å². The third-order valence-corrected chi connectivity index (χ3v) is 1.38. The van der Waals surface area contributed by atoms with Crippen LogP contribution in [0.25, 0.3) is 0 Å². The molecule has 1 amide bonds. The first-order valence-electron chi connectivity index (χ1n) is 3.74. The molecule has 86 valence electrons. The Balaban J connectivity index is 2.77. The van der Waals surface area contributed by atoms with Crippen molar-refractivity contribution in [3.63, 3.8) is 0 Å². The maximum absolute atomic E-state index is 11.8. The molecule has 0 saturated carbocycles. The topological polar surface area (TPSA) is 92.2 Å². The lowest BCUT2D eigenvalue weighted by atomic mass is 10.3. The Morgan fingerprint density at radius 1 is 1.25 bits per heavy atom. The molecule has 0 spiro atoms. The Morgan fingerprint density at radius 2 is 1.75 bits per heavy atom. The number of nitrogens with one attached hydrogen (secondary N) is 1. The molecular weight excluding hydrogens is 231 g/mol. The third-order valence-electron chi connectivity index (χ3n) is 1.38. The highest BCUT2D eigenvalue weighted by molar-refractivity contribution is 5.93. The lowest BCUT2D eigenvalue weighted by Gasteiger charge is -2.05. The first kappa shape index (κ1) is 11.9. The number of alkyl halides is 3. The van der Waals surface area contributed by atoms with Crippen molar-refractivity contribution < 1.29 is 27.9 Å². The maximum Gasteiger partial charge on any atom is 0.471 e. The van der Waals surface area contributed by atoms with Gasteiger partial charge in [0.1, 0.15) is 0 Å². The Kier molecular flexibility index (Phi) is 3.06. The Labute approximate surface area is 86.1 Å². The first-order chi connectivity index (χ1) is 7.30. The molecule has 0 aliphatic rings. The van der Waals surface area contributed by atoms with Gasteiger partial charge in [-0.2, -0.15) is 13.2 Å². The van der Waals surface area contributed by atoms with Crippen LogP contribution in [0, 0.1) is 0 Å². The molecule has 0 aliphatic carbocycles. The van der Waals surface area contributed by atoms with Crippen LogP contribution in [-0.2, 0) is 4.79 Å². The molecule has 6 nitrogen and oxygen atoms in total. The summed E-state index contributed by atoms with van der Waals surface area (Å²) in [6.45, 7) is 0. The lowest BCUT2D eigenvalue weighted by Crippen LogP contribution is -2.30. The summed E-state index contributed by atoms with van der Waals surface area (Å²) in [5.74, 6) is -4.17. The van der Waals surface area contributed by atoms with E-state index in [9.17, 15) is 22.8 Å². The molecule has 0 saturated heterocycles. The van der Waals surface area contributed by atoms with Crippen molar-refractivity contribution in [2.75, 3.05) is 5.32 Å². The van der Waals surface area contributed by atoms with E-state index in [4.69, 9.17) is 5.11 Å². The summed E-state index contributed by atoms with van der Waals surface area (Å²) in [5.41, 5.74) is -0.301. The average Bonchev–Trinajstić information content (AvgIpc) is 2.17. The standard InChI is InChI=1S/C7H4F3N3O3/c8-7(9,10)5(16)13-6-11-1-3(2-12-6)4(14)15/h1-2H,(H,14,15)(H,11,12,13,16). The normalized spacial score (nSPS) is 10.9. The second kappa shape index (κ2) is 4.13. The first-order valence-corrected chi connectivity index (χ1v) is 3.74. The molecule has 0 aliphatic heterocycles. The van der Waals surface area contributed by atoms with Crippen LogP contribution >= 0.6 is 0 Å². The van der Waals surface area contributed by atoms with Gasteiger partial charge in [-0.3, -0.25) is 10.1 Å². The summed E-state index contributed by atoms with van der Waals surface area (Å²) in [4.78, 5) is 27.2. The quantitative estimate of drug-likeness (QED) is 0.786. The van der Waals surface area contributed by atoms with Crippen LogP contribution in [0.15, 0.2) is 12.4 Å². The lowest BCUT2D eigenvalue weighted by molar-refractivity contribution is -0.167. The van der Waals surface area contributed by atoms with Crippen molar-refractivity contribution in [2.24, 2.45) is 0 Å². The summed E-state index contributed by atoms with van der Waals surface area (Å²) in [5, 5.41) is 9.81. The zero-order valence-corrected chi connectivity index (χ0v) is 7.45. The van der Waals surface area contributed by atoms with Gasteiger partial charge in [0.05, 0.1) is 5.56 Å². The van der Waals surface area contributed by atoms with Crippen LogP contribution < -0.4 is 5.32 Å². The molecular formula is C7H4F3N3O3. The molecule has 1 aromatic rings. The summed E-state index contributed by atoms with van der Waals surface area (Å²) in [7, 11) is 0. The SMILES string of the molecule is O=C(O)c1cnc(NC(=O)C(F)(F)F)nc1. The van der Waals surface area contributed by atoms with Crippen LogP contribution in [0.4, 0.5) is 19.1 Å². The third kappa shape index (κ3) is 2.90. The maximum atomic E-state index is 11.8.